The third-order valence-electron chi connectivity index (χ3n) is 3.11. The van der Waals surface area contributed by atoms with Crippen LogP contribution in [0.1, 0.15) is 24.8 Å². The van der Waals surface area contributed by atoms with Crippen LogP contribution >= 0.6 is 0 Å². The van der Waals surface area contributed by atoms with Gasteiger partial charge in [0.1, 0.15) is 0 Å². The van der Waals surface area contributed by atoms with Gasteiger partial charge in [-0.2, -0.15) is 0 Å². The number of ether oxygens (including phenoxy) is 1. The molecule has 1 fully saturated rings. The van der Waals surface area contributed by atoms with Gasteiger partial charge < -0.3 is 9.84 Å². The van der Waals surface area contributed by atoms with Crippen molar-refractivity contribution in [2.45, 2.75) is 24.7 Å². The summed E-state index contributed by atoms with van der Waals surface area (Å²) >= 11 is 0. The lowest BCUT2D eigenvalue weighted by Crippen LogP contribution is -2.13. The molecule has 0 bridgehead atoms. The molecular weight excluding hydrogens is 211 g/mol. The number of carboxylic acids is 1. The Morgan fingerprint density at radius 2 is 2.25 bits per heavy atom. The third kappa shape index (κ3) is 1.87. The van der Waals surface area contributed by atoms with E-state index >= 15 is 0 Å². The van der Waals surface area contributed by atoms with Crippen molar-refractivity contribution in [3.05, 3.63) is 29.6 Å². The van der Waals surface area contributed by atoms with Gasteiger partial charge in [-0.05, 0) is 30.5 Å². The van der Waals surface area contributed by atoms with Crippen LogP contribution < -0.4 is 4.74 Å². The van der Waals surface area contributed by atoms with Crippen LogP contribution in [0.2, 0.25) is 0 Å². The lowest BCUT2D eigenvalue weighted by Gasteiger charge is -2.14. The molecule has 2 rings (SSSR count). The first kappa shape index (κ1) is 10.9. The molecule has 16 heavy (non-hydrogen) atoms. The number of benzene rings is 1. The van der Waals surface area contributed by atoms with Gasteiger partial charge in [0.2, 0.25) is 0 Å². The highest BCUT2D eigenvalue weighted by atomic mass is 19.1. The van der Waals surface area contributed by atoms with Crippen molar-refractivity contribution in [2.75, 3.05) is 7.11 Å². The summed E-state index contributed by atoms with van der Waals surface area (Å²) in [6.45, 7) is 0. The van der Waals surface area contributed by atoms with E-state index < -0.39 is 11.8 Å². The number of methoxy groups -OCH3 is 1. The van der Waals surface area contributed by atoms with Gasteiger partial charge >= 0.3 is 5.97 Å². The maximum Gasteiger partial charge on any atom is 0.304 e. The predicted octanol–water partition coefficient (Wildman–Crippen LogP) is 2.34. The normalized spacial score (nSPS) is 16.9. The smallest absolute Gasteiger partial charge is 0.304 e. The topological polar surface area (TPSA) is 46.5 Å². The molecule has 86 valence electrons. The second-order valence-electron chi connectivity index (χ2n) is 4.20. The fourth-order valence-electron chi connectivity index (χ4n) is 2.00. The zero-order valence-corrected chi connectivity index (χ0v) is 9.00. The second-order valence-corrected chi connectivity index (χ2v) is 4.20. The van der Waals surface area contributed by atoms with E-state index in [1.807, 2.05) is 0 Å². The lowest BCUT2D eigenvalue weighted by atomic mass is 9.92. The SMILES string of the molecule is COc1cc(C2(CC(=O)O)CC2)ccc1F. The van der Waals surface area contributed by atoms with Crippen molar-refractivity contribution in [3.63, 3.8) is 0 Å². The number of hydrogen-bond acceptors (Lipinski definition) is 2. The van der Waals surface area contributed by atoms with Crippen molar-refractivity contribution < 1.29 is 19.0 Å². The van der Waals surface area contributed by atoms with Crippen LogP contribution in [0.25, 0.3) is 0 Å². The van der Waals surface area contributed by atoms with Gasteiger partial charge in [-0.15, -0.1) is 0 Å². The molecule has 0 spiro atoms. The summed E-state index contributed by atoms with van der Waals surface area (Å²) in [6.07, 6.45) is 1.78. The Kier molecular flexibility index (Phi) is 2.58. The van der Waals surface area contributed by atoms with Crippen LogP contribution in [-0.2, 0) is 10.2 Å². The minimum Gasteiger partial charge on any atom is -0.494 e. The van der Waals surface area contributed by atoms with E-state index in [0.29, 0.717) is 0 Å². The number of hydrogen-bond donors (Lipinski definition) is 1. The maximum absolute atomic E-state index is 13.2. The van der Waals surface area contributed by atoms with Gasteiger partial charge in [0.05, 0.1) is 13.5 Å². The molecule has 1 saturated carbocycles. The van der Waals surface area contributed by atoms with E-state index in [4.69, 9.17) is 9.84 Å². The van der Waals surface area contributed by atoms with E-state index in [0.717, 1.165) is 18.4 Å². The largest absolute Gasteiger partial charge is 0.494 e. The maximum atomic E-state index is 13.2. The minimum atomic E-state index is -0.819. The number of carboxylic acid groups (broad SMARTS) is 1. The molecule has 1 aliphatic rings. The van der Waals surface area contributed by atoms with Crippen molar-refractivity contribution in [1.29, 1.82) is 0 Å². The number of rotatable bonds is 4. The molecule has 1 N–H and O–H groups in total. The molecule has 1 aromatic carbocycles. The van der Waals surface area contributed by atoms with Crippen molar-refractivity contribution in [1.82, 2.24) is 0 Å². The average Bonchev–Trinajstić information content (AvgIpc) is 2.98. The van der Waals surface area contributed by atoms with Gasteiger partial charge in [-0.25, -0.2) is 4.39 Å². The summed E-state index contributed by atoms with van der Waals surface area (Å²) in [5.74, 6) is -1.06. The molecule has 4 heteroatoms. The molecule has 0 radical (unpaired) electrons. The number of carbonyl (C=O) groups is 1. The van der Waals surface area contributed by atoms with Crippen LogP contribution in [-0.4, -0.2) is 18.2 Å². The van der Waals surface area contributed by atoms with Gasteiger partial charge in [0.15, 0.2) is 11.6 Å². The monoisotopic (exact) mass is 224 g/mol. The first-order valence-electron chi connectivity index (χ1n) is 5.13. The second kappa shape index (κ2) is 3.77. The van der Waals surface area contributed by atoms with E-state index in [-0.39, 0.29) is 17.6 Å². The van der Waals surface area contributed by atoms with Crippen LogP contribution in [0.3, 0.4) is 0 Å². The molecule has 0 heterocycles. The Hall–Kier alpha value is -1.58. The standard InChI is InChI=1S/C12H13FO3/c1-16-10-6-8(2-3-9(10)13)12(4-5-12)7-11(14)15/h2-3,6H,4-5,7H2,1H3,(H,14,15). The Balaban J connectivity index is 2.30. The van der Waals surface area contributed by atoms with Crippen LogP contribution in [0.5, 0.6) is 5.75 Å². The molecule has 0 aromatic heterocycles. The fraction of sp³-hybridized carbons (Fsp3) is 0.417. The van der Waals surface area contributed by atoms with Gasteiger partial charge in [0, 0.05) is 5.41 Å². The highest BCUT2D eigenvalue weighted by molar-refractivity contribution is 5.70. The van der Waals surface area contributed by atoms with E-state index in [1.54, 1.807) is 12.1 Å². The molecule has 1 aromatic rings. The van der Waals surface area contributed by atoms with Crippen molar-refractivity contribution in [2.24, 2.45) is 0 Å². The number of halogens is 1. The Labute approximate surface area is 92.9 Å². The molecule has 3 nitrogen and oxygen atoms in total. The fourth-order valence-corrected chi connectivity index (χ4v) is 2.00. The molecule has 0 unspecified atom stereocenters. The Morgan fingerprint density at radius 3 is 2.75 bits per heavy atom. The molecule has 0 atom stereocenters. The molecule has 0 saturated heterocycles. The summed E-state index contributed by atoms with van der Waals surface area (Å²) in [7, 11) is 1.40. The summed E-state index contributed by atoms with van der Waals surface area (Å²) in [5, 5.41) is 8.83. The molecule has 0 amide bonds. The van der Waals surface area contributed by atoms with Crippen LogP contribution in [0, 0.1) is 5.82 Å². The summed E-state index contributed by atoms with van der Waals surface area (Å²) in [6, 6.07) is 4.58. The van der Waals surface area contributed by atoms with Crippen molar-refractivity contribution in [3.8, 4) is 5.75 Å². The average molecular weight is 224 g/mol. The van der Waals surface area contributed by atoms with E-state index in [9.17, 15) is 9.18 Å². The summed E-state index contributed by atoms with van der Waals surface area (Å²) in [4.78, 5) is 10.7. The van der Waals surface area contributed by atoms with E-state index in [2.05, 4.69) is 0 Å². The van der Waals surface area contributed by atoms with Gasteiger partial charge in [0.25, 0.3) is 0 Å². The van der Waals surface area contributed by atoms with Crippen LogP contribution in [0.4, 0.5) is 4.39 Å². The molecule has 1 aliphatic carbocycles. The third-order valence-corrected chi connectivity index (χ3v) is 3.11. The summed E-state index contributed by atoms with van der Waals surface area (Å²) in [5.41, 5.74) is 0.556. The zero-order valence-electron chi connectivity index (χ0n) is 9.00. The predicted molar refractivity (Wildman–Crippen MR) is 56.1 cm³/mol. The zero-order chi connectivity index (χ0) is 11.8. The quantitative estimate of drug-likeness (QED) is 0.853. The summed E-state index contributed by atoms with van der Waals surface area (Å²) < 4.78 is 18.1. The lowest BCUT2D eigenvalue weighted by molar-refractivity contribution is -0.137. The molecular formula is C12H13FO3. The van der Waals surface area contributed by atoms with E-state index in [1.165, 1.54) is 13.2 Å². The molecule has 0 aliphatic heterocycles. The van der Waals surface area contributed by atoms with Gasteiger partial charge in [-0.1, -0.05) is 6.07 Å². The number of aliphatic carboxylic acids is 1. The Morgan fingerprint density at radius 1 is 1.56 bits per heavy atom. The Bertz CT molecular complexity index is 424. The van der Waals surface area contributed by atoms with Crippen LogP contribution in [0.15, 0.2) is 18.2 Å². The highest BCUT2D eigenvalue weighted by Gasteiger charge is 2.46. The first-order chi connectivity index (χ1) is 7.57. The van der Waals surface area contributed by atoms with Gasteiger partial charge in [-0.3, -0.25) is 4.79 Å². The van der Waals surface area contributed by atoms with Crippen molar-refractivity contribution >= 4 is 5.97 Å². The highest BCUT2D eigenvalue weighted by Crippen LogP contribution is 2.51. The minimum absolute atomic E-state index is 0.0990. The first-order valence-corrected chi connectivity index (χ1v) is 5.13.